The predicted octanol–water partition coefficient (Wildman–Crippen LogP) is 4.59. The van der Waals surface area contributed by atoms with Gasteiger partial charge in [0, 0.05) is 0 Å². The van der Waals surface area contributed by atoms with Crippen LogP contribution < -0.4 is 0 Å². The molecule has 1 aromatic rings. The van der Waals surface area contributed by atoms with Crippen LogP contribution in [0.1, 0.15) is 39.2 Å². The van der Waals surface area contributed by atoms with E-state index >= 15 is 0 Å². The molecule has 0 amide bonds. The van der Waals surface area contributed by atoms with Crippen molar-refractivity contribution in [3.05, 3.63) is 48.0 Å². The maximum atomic E-state index is 5.60. The molecular formula is C16H24O. The molecule has 1 heteroatoms. The smallest absolute Gasteiger partial charge is 0.0717 e. The molecule has 94 valence electrons. The van der Waals surface area contributed by atoms with E-state index in [2.05, 4.69) is 45.1 Å². The number of hydrogen-bond donors (Lipinski definition) is 0. The third kappa shape index (κ3) is 7.76. The number of hydrogen-bond acceptors (Lipinski definition) is 1. The molecule has 0 aliphatic carbocycles. The van der Waals surface area contributed by atoms with Crippen molar-refractivity contribution in [2.75, 3.05) is 6.61 Å². The van der Waals surface area contributed by atoms with Crippen LogP contribution >= 0.6 is 0 Å². The van der Waals surface area contributed by atoms with Crippen molar-refractivity contribution in [3.8, 4) is 0 Å². The van der Waals surface area contributed by atoms with Gasteiger partial charge < -0.3 is 4.74 Å². The van der Waals surface area contributed by atoms with Crippen molar-refractivity contribution < 1.29 is 4.74 Å². The first-order valence-electron chi connectivity index (χ1n) is 6.34. The van der Waals surface area contributed by atoms with Crippen LogP contribution in [-0.4, -0.2) is 6.61 Å². The molecule has 0 bridgehead atoms. The number of allylic oxidation sites excluding steroid dienone is 1. The molecule has 0 aromatic heterocycles. The summed E-state index contributed by atoms with van der Waals surface area (Å²) < 4.78 is 5.60. The highest BCUT2D eigenvalue weighted by molar-refractivity contribution is 5.13. The minimum absolute atomic E-state index is 0.390. The van der Waals surface area contributed by atoms with E-state index in [0.717, 1.165) is 19.4 Å². The first-order valence-corrected chi connectivity index (χ1v) is 6.34. The lowest BCUT2D eigenvalue weighted by atomic mass is 9.92. The predicted molar refractivity (Wildman–Crippen MR) is 73.9 cm³/mol. The summed E-state index contributed by atoms with van der Waals surface area (Å²) in [5, 5.41) is 0. The average molecular weight is 232 g/mol. The Labute approximate surface area is 106 Å². The van der Waals surface area contributed by atoms with E-state index in [1.54, 1.807) is 0 Å². The van der Waals surface area contributed by atoms with Crippen molar-refractivity contribution in [2.45, 2.75) is 40.2 Å². The van der Waals surface area contributed by atoms with Gasteiger partial charge in [-0.05, 0) is 23.8 Å². The summed E-state index contributed by atoms with van der Waals surface area (Å²) in [6.45, 7) is 8.28. The fourth-order valence-corrected chi connectivity index (χ4v) is 1.47. The highest BCUT2D eigenvalue weighted by Gasteiger charge is 2.05. The monoisotopic (exact) mass is 232 g/mol. The van der Waals surface area contributed by atoms with Gasteiger partial charge >= 0.3 is 0 Å². The molecule has 0 saturated heterocycles. The molecule has 0 saturated carbocycles. The molecule has 0 heterocycles. The molecule has 0 aliphatic heterocycles. The Hall–Kier alpha value is -1.08. The third-order valence-electron chi connectivity index (χ3n) is 2.44. The fraction of sp³-hybridized carbons (Fsp3) is 0.500. The number of benzene rings is 1. The zero-order valence-electron chi connectivity index (χ0n) is 11.3. The zero-order valence-corrected chi connectivity index (χ0v) is 11.3. The van der Waals surface area contributed by atoms with Crippen molar-refractivity contribution in [1.29, 1.82) is 0 Å². The molecule has 0 spiro atoms. The molecule has 0 fully saturated rings. The summed E-state index contributed by atoms with van der Waals surface area (Å²) in [7, 11) is 0. The third-order valence-corrected chi connectivity index (χ3v) is 2.44. The Kier molecular flexibility index (Phi) is 5.99. The topological polar surface area (TPSA) is 9.23 Å². The van der Waals surface area contributed by atoms with Crippen LogP contribution in [-0.2, 0) is 11.3 Å². The second-order valence-electron chi connectivity index (χ2n) is 5.56. The lowest BCUT2D eigenvalue weighted by Crippen LogP contribution is -2.01. The minimum atomic E-state index is 0.390. The average Bonchev–Trinajstić information content (AvgIpc) is 2.28. The Morgan fingerprint density at radius 3 is 2.41 bits per heavy atom. The van der Waals surface area contributed by atoms with Crippen LogP contribution in [0, 0.1) is 5.41 Å². The lowest BCUT2D eigenvalue weighted by Gasteiger charge is -2.14. The molecule has 0 N–H and O–H groups in total. The molecular weight excluding hydrogens is 208 g/mol. The molecule has 1 aromatic carbocycles. The van der Waals surface area contributed by atoms with Gasteiger partial charge in [0.25, 0.3) is 0 Å². The van der Waals surface area contributed by atoms with Crippen molar-refractivity contribution in [2.24, 2.45) is 5.41 Å². The summed E-state index contributed by atoms with van der Waals surface area (Å²) in [6, 6.07) is 10.3. The summed E-state index contributed by atoms with van der Waals surface area (Å²) in [5.74, 6) is 0. The van der Waals surface area contributed by atoms with Crippen LogP contribution in [0.15, 0.2) is 42.5 Å². The van der Waals surface area contributed by atoms with Gasteiger partial charge in [0.05, 0.1) is 13.2 Å². The van der Waals surface area contributed by atoms with Gasteiger partial charge in [-0.3, -0.25) is 0 Å². The summed E-state index contributed by atoms with van der Waals surface area (Å²) >= 11 is 0. The SMILES string of the molecule is CC(C)(C)C/C=C/CCOCc1ccccc1. The highest BCUT2D eigenvalue weighted by atomic mass is 16.5. The second kappa shape index (κ2) is 7.29. The number of ether oxygens (including phenoxy) is 1. The lowest BCUT2D eigenvalue weighted by molar-refractivity contribution is 0.125. The van der Waals surface area contributed by atoms with E-state index in [-0.39, 0.29) is 0 Å². The van der Waals surface area contributed by atoms with Crippen LogP contribution in [0.25, 0.3) is 0 Å². The van der Waals surface area contributed by atoms with E-state index < -0.39 is 0 Å². The Balaban J connectivity index is 2.05. The van der Waals surface area contributed by atoms with Crippen LogP contribution in [0.5, 0.6) is 0 Å². The van der Waals surface area contributed by atoms with Gasteiger partial charge in [-0.15, -0.1) is 0 Å². The van der Waals surface area contributed by atoms with E-state index in [0.29, 0.717) is 12.0 Å². The molecule has 0 unspecified atom stereocenters. The largest absolute Gasteiger partial charge is 0.376 e. The molecule has 0 atom stereocenters. The van der Waals surface area contributed by atoms with Crippen LogP contribution in [0.4, 0.5) is 0 Å². The van der Waals surface area contributed by atoms with Gasteiger partial charge in [-0.1, -0.05) is 63.3 Å². The summed E-state index contributed by atoms with van der Waals surface area (Å²) in [6.07, 6.45) is 6.61. The molecule has 0 radical (unpaired) electrons. The van der Waals surface area contributed by atoms with E-state index in [1.807, 2.05) is 18.2 Å². The van der Waals surface area contributed by atoms with E-state index in [4.69, 9.17) is 4.74 Å². The van der Waals surface area contributed by atoms with Crippen LogP contribution in [0.2, 0.25) is 0 Å². The minimum Gasteiger partial charge on any atom is -0.376 e. The molecule has 1 rings (SSSR count). The standard InChI is InChI=1S/C16H24O/c1-16(2,3)12-8-5-9-13-17-14-15-10-6-4-7-11-15/h4-8,10-11H,9,12-14H2,1-3H3/b8-5+. The number of rotatable bonds is 6. The quantitative estimate of drug-likeness (QED) is 0.515. The first-order chi connectivity index (χ1) is 8.08. The van der Waals surface area contributed by atoms with Crippen molar-refractivity contribution >= 4 is 0 Å². The van der Waals surface area contributed by atoms with E-state index in [9.17, 15) is 0 Å². The Morgan fingerprint density at radius 1 is 1.06 bits per heavy atom. The Morgan fingerprint density at radius 2 is 1.76 bits per heavy atom. The Bertz CT molecular complexity index is 319. The zero-order chi connectivity index (χ0) is 12.6. The van der Waals surface area contributed by atoms with Crippen LogP contribution in [0.3, 0.4) is 0 Å². The summed E-state index contributed by atoms with van der Waals surface area (Å²) in [4.78, 5) is 0. The van der Waals surface area contributed by atoms with Gasteiger partial charge in [0.15, 0.2) is 0 Å². The maximum absolute atomic E-state index is 5.60. The van der Waals surface area contributed by atoms with Gasteiger partial charge in [-0.25, -0.2) is 0 Å². The first kappa shape index (κ1) is 14.0. The molecule has 0 aliphatic rings. The van der Waals surface area contributed by atoms with E-state index in [1.165, 1.54) is 5.56 Å². The van der Waals surface area contributed by atoms with Gasteiger partial charge in [-0.2, -0.15) is 0 Å². The van der Waals surface area contributed by atoms with Gasteiger partial charge in [0.2, 0.25) is 0 Å². The normalized spacial score (nSPS) is 12.2. The highest BCUT2D eigenvalue weighted by Crippen LogP contribution is 2.18. The second-order valence-corrected chi connectivity index (χ2v) is 5.56. The maximum Gasteiger partial charge on any atom is 0.0717 e. The van der Waals surface area contributed by atoms with Crippen molar-refractivity contribution in [1.82, 2.24) is 0 Å². The van der Waals surface area contributed by atoms with Gasteiger partial charge in [0.1, 0.15) is 0 Å². The molecule has 1 nitrogen and oxygen atoms in total. The molecule has 17 heavy (non-hydrogen) atoms. The fourth-order valence-electron chi connectivity index (χ4n) is 1.47. The summed E-state index contributed by atoms with van der Waals surface area (Å²) in [5.41, 5.74) is 1.63. The van der Waals surface area contributed by atoms with Crippen molar-refractivity contribution in [3.63, 3.8) is 0 Å².